The lowest BCUT2D eigenvalue weighted by Crippen LogP contribution is -2.39. The summed E-state index contributed by atoms with van der Waals surface area (Å²) in [6, 6.07) is 0.190. The van der Waals surface area contributed by atoms with Gasteiger partial charge in [0, 0.05) is 6.20 Å². The lowest BCUT2D eigenvalue weighted by Gasteiger charge is -2.13. The lowest BCUT2D eigenvalue weighted by molar-refractivity contribution is -0.154. The van der Waals surface area contributed by atoms with Crippen molar-refractivity contribution in [2.75, 3.05) is 13.2 Å². The minimum absolute atomic E-state index is 0.0366. The van der Waals surface area contributed by atoms with Crippen molar-refractivity contribution in [3.05, 3.63) is 22.8 Å². The van der Waals surface area contributed by atoms with Gasteiger partial charge >= 0.3 is 12.1 Å². The molecule has 1 amide bonds. The number of hydrogen-bond donors (Lipinski definition) is 1. The van der Waals surface area contributed by atoms with Gasteiger partial charge in [0.25, 0.3) is 5.91 Å². The highest BCUT2D eigenvalue weighted by Gasteiger charge is 2.29. The molecule has 1 rings (SSSR count). The summed E-state index contributed by atoms with van der Waals surface area (Å²) in [5.74, 6) is -1.74. The Kier molecular flexibility index (Phi) is 6.62. The van der Waals surface area contributed by atoms with Crippen LogP contribution in [0.2, 0.25) is 5.02 Å². The summed E-state index contributed by atoms with van der Waals surface area (Å²) in [5, 5.41) is 2.09. The standard InChI is InChI=1S/C13H14ClF3N2O4/c1-3-22-12(21)7(2)19-10(20)8-4-9(14)11(18-5-8)23-6-13(15,16)17/h4-5,7H,3,6H2,1-2H3,(H,19,20). The van der Waals surface area contributed by atoms with Gasteiger partial charge < -0.3 is 14.8 Å². The third-order valence-corrected chi connectivity index (χ3v) is 2.70. The van der Waals surface area contributed by atoms with Crippen LogP contribution in [0.5, 0.6) is 5.88 Å². The number of nitrogens with one attached hydrogen (secondary N) is 1. The van der Waals surface area contributed by atoms with Crippen LogP contribution in [-0.2, 0) is 9.53 Å². The highest BCUT2D eigenvalue weighted by molar-refractivity contribution is 6.32. The molecule has 1 unspecified atom stereocenters. The fourth-order valence-corrected chi connectivity index (χ4v) is 1.63. The molecule has 128 valence electrons. The number of carbonyl (C=O) groups excluding carboxylic acids is 2. The molecule has 1 aromatic rings. The summed E-state index contributed by atoms with van der Waals surface area (Å²) >= 11 is 5.72. The topological polar surface area (TPSA) is 77.5 Å². The van der Waals surface area contributed by atoms with Gasteiger partial charge in [-0.1, -0.05) is 11.6 Å². The zero-order valence-electron chi connectivity index (χ0n) is 12.2. The molecular formula is C13H14ClF3N2O4. The van der Waals surface area contributed by atoms with E-state index in [2.05, 4.69) is 15.0 Å². The van der Waals surface area contributed by atoms with Gasteiger partial charge in [-0.2, -0.15) is 13.2 Å². The van der Waals surface area contributed by atoms with Crippen molar-refractivity contribution in [3.8, 4) is 5.88 Å². The number of aromatic nitrogens is 1. The van der Waals surface area contributed by atoms with Gasteiger partial charge in [0.1, 0.15) is 11.1 Å². The number of carbonyl (C=O) groups is 2. The molecule has 1 aromatic heterocycles. The van der Waals surface area contributed by atoms with E-state index in [1.807, 2.05) is 0 Å². The van der Waals surface area contributed by atoms with Gasteiger partial charge in [-0.05, 0) is 19.9 Å². The first-order valence-corrected chi connectivity index (χ1v) is 6.84. The van der Waals surface area contributed by atoms with E-state index in [0.29, 0.717) is 0 Å². The second kappa shape index (κ2) is 8.00. The molecule has 0 saturated heterocycles. The molecule has 0 aliphatic carbocycles. The largest absolute Gasteiger partial charge is 0.467 e. The second-order valence-corrected chi connectivity index (χ2v) is 4.77. The summed E-state index contributed by atoms with van der Waals surface area (Å²) in [5.41, 5.74) is -0.0366. The molecule has 0 fully saturated rings. The van der Waals surface area contributed by atoms with Gasteiger partial charge in [-0.3, -0.25) is 4.79 Å². The number of ether oxygens (including phenoxy) is 2. The van der Waals surface area contributed by atoms with Crippen molar-refractivity contribution in [1.29, 1.82) is 0 Å². The van der Waals surface area contributed by atoms with Crippen LogP contribution in [0.3, 0.4) is 0 Å². The molecule has 10 heteroatoms. The van der Waals surface area contributed by atoms with Crippen LogP contribution in [0, 0.1) is 0 Å². The van der Waals surface area contributed by atoms with Crippen LogP contribution in [0.25, 0.3) is 0 Å². The molecule has 0 spiro atoms. The van der Waals surface area contributed by atoms with Gasteiger partial charge in [0.15, 0.2) is 6.61 Å². The quantitative estimate of drug-likeness (QED) is 0.793. The number of nitrogens with zero attached hydrogens (tertiary/aromatic N) is 1. The van der Waals surface area contributed by atoms with Crippen LogP contribution < -0.4 is 10.1 Å². The van der Waals surface area contributed by atoms with E-state index in [1.54, 1.807) is 6.92 Å². The van der Waals surface area contributed by atoms with Crippen molar-refractivity contribution in [2.24, 2.45) is 0 Å². The molecule has 6 nitrogen and oxygen atoms in total. The zero-order valence-corrected chi connectivity index (χ0v) is 13.0. The fourth-order valence-electron chi connectivity index (χ4n) is 1.41. The summed E-state index contributed by atoms with van der Waals surface area (Å²) in [4.78, 5) is 26.9. The highest BCUT2D eigenvalue weighted by Crippen LogP contribution is 2.24. The van der Waals surface area contributed by atoms with Gasteiger partial charge in [0.2, 0.25) is 5.88 Å². The number of esters is 1. The maximum Gasteiger partial charge on any atom is 0.422 e. The average molecular weight is 355 g/mol. The maximum atomic E-state index is 12.1. The first-order chi connectivity index (χ1) is 10.6. The van der Waals surface area contributed by atoms with Crippen LogP contribution in [-0.4, -0.2) is 42.3 Å². The smallest absolute Gasteiger partial charge is 0.422 e. The molecule has 1 heterocycles. The highest BCUT2D eigenvalue weighted by atomic mass is 35.5. The Morgan fingerprint density at radius 2 is 2.09 bits per heavy atom. The molecule has 0 radical (unpaired) electrons. The molecule has 0 aromatic carbocycles. The molecule has 0 saturated carbocycles. The van der Waals surface area contributed by atoms with Gasteiger partial charge in [0.05, 0.1) is 12.2 Å². The monoisotopic (exact) mass is 354 g/mol. The minimum atomic E-state index is -4.53. The van der Waals surface area contributed by atoms with E-state index in [0.717, 1.165) is 12.3 Å². The molecule has 0 aliphatic rings. The van der Waals surface area contributed by atoms with Crippen LogP contribution in [0.1, 0.15) is 24.2 Å². The van der Waals surface area contributed by atoms with Crippen LogP contribution in [0.4, 0.5) is 13.2 Å². The Bertz CT molecular complexity index is 581. The number of alkyl halides is 3. The van der Waals surface area contributed by atoms with Crippen molar-refractivity contribution in [1.82, 2.24) is 10.3 Å². The van der Waals surface area contributed by atoms with E-state index < -0.39 is 36.6 Å². The van der Waals surface area contributed by atoms with Crippen LogP contribution >= 0.6 is 11.6 Å². The van der Waals surface area contributed by atoms with Crippen molar-refractivity contribution >= 4 is 23.5 Å². The predicted molar refractivity (Wildman–Crippen MR) is 74.4 cm³/mol. The molecule has 1 N–H and O–H groups in total. The third kappa shape index (κ3) is 6.31. The van der Waals surface area contributed by atoms with E-state index in [-0.39, 0.29) is 17.2 Å². The summed E-state index contributed by atoms with van der Waals surface area (Å²) in [7, 11) is 0. The third-order valence-electron chi connectivity index (χ3n) is 2.43. The average Bonchev–Trinajstić information content (AvgIpc) is 2.45. The van der Waals surface area contributed by atoms with E-state index >= 15 is 0 Å². The summed E-state index contributed by atoms with van der Waals surface area (Å²) < 4.78 is 45.3. The molecule has 23 heavy (non-hydrogen) atoms. The number of pyridine rings is 1. The van der Waals surface area contributed by atoms with E-state index in [9.17, 15) is 22.8 Å². The number of amides is 1. The number of halogens is 4. The Morgan fingerprint density at radius 3 is 2.61 bits per heavy atom. The number of rotatable bonds is 6. The summed E-state index contributed by atoms with van der Waals surface area (Å²) in [6.07, 6.45) is -3.54. The van der Waals surface area contributed by atoms with Crippen LogP contribution in [0.15, 0.2) is 12.3 Å². The van der Waals surface area contributed by atoms with Crippen molar-refractivity contribution in [2.45, 2.75) is 26.1 Å². The fraction of sp³-hybridized carbons (Fsp3) is 0.462. The first-order valence-electron chi connectivity index (χ1n) is 6.46. The second-order valence-electron chi connectivity index (χ2n) is 4.36. The first kappa shape index (κ1) is 19.0. The van der Waals surface area contributed by atoms with Gasteiger partial charge in [-0.25, -0.2) is 9.78 Å². The van der Waals surface area contributed by atoms with Crippen molar-refractivity contribution < 1.29 is 32.2 Å². The predicted octanol–water partition coefficient (Wildman–Crippen LogP) is 2.36. The Balaban J connectivity index is 2.73. The zero-order chi connectivity index (χ0) is 17.6. The SMILES string of the molecule is CCOC(=O)C(C)NC(=O)c1cnc(OCC(F)(F)F)c(Cl)c1. The Hall–Kier alpha value is -2.03. The number of hydrogen-bond acceptors (Lipinski definition) is 5. The summed E-state index contributed by atoms with van der Waals surface area (Å²) in [6.45, 7) is 1.66. The minimum Gasteiger partial charge on any atom is -0.467 e. The normalized spacial score (nSPS) is 12.4. The lowest BCUT2D eigenvalue weighted by atomic mass is 10.2. The van der Waals surface area contributed by atoms with E-state index in [4.69, 9.17) is 16.3 Å². The maximum absolute atomic E-state index is 12.1. The molecular weight excluding hydrogens is 341 g/mol. The van der Waals surface area contributed by atoms with E-state index in [1.165, 1.54) is 6.92 Å². The Labute approximate surface area is 134 Å². The molecule has 1 atom stereocenters. The van der Waals surface area contributed by atoms with Gasteiger partial charge in [-0.15, -0.1) is 0 Å². The van der Waals surface area contributed by atoms with Crippen molar-refractivity contribution in [3.63, 3.8) is 0 Å². The Morgan fingerprint density at radius 1 is 1.43 bits per heavy atom. The molecule has 0 aliphatic heterocycles. The molecule has 0 bridgehead atoms.